The molecule has 4 fully saturated rings. The summed E-state index contributed by atoms with van der Waals surface area (Å²) >= 11 is 6.26. The lowest BCUT2D eigenvalue weighted by molar-refractivity contribution is -0.174. The molecule has 2 amide bonds. The molecule has 0 aromatic heterocycles. The molecule has 0 radical (unpaired) electrons. The Hall–Kier alpha value is -4.76. The monoisotopic (exact) mass is 917 g/mol. The number of nitrogens with zero attached hydrogens (tertiary/aromatic N) is 3. The first-order valence-corrected chi connectivity index (χ1v) is 24.0. The number of fused-ring (bicyclic) bond motifs is 1. The van der Waals surface area contributed by atoms with E-state index in [1.54, 1.807) is 62.6 Å². The summed E-state index contributed by atoms with van der Waals surface area (Å²) in [4.78, 5) is 30.4. The predicted molar refractivity (Wildman–Crippen MR) is 240 cm³/mol. The number of hydrogen-bond donors (Lipinski definition) is 4. The summed E-state index contributed by atoms with van der Waals surface area (Å²) in [6, 6.07) is 15.7. The number of likely N-dealkylation sites (tertiary alicyclic amines) is 1. The number of likely N-dealkylation sites (N-methyl/N-ethyl adjacent to an activating group) is 1. The number of amides is 2. The molecule has 17 heteroatoms. The number of nitriles is 1. The molecule has 14 nitrogen and oxygen atoms in total. The SMILES string of the molecule is CCS(=O)(=O)c1ccc(Oc2ccc(OC3CCN(C4NCC(C(=O)NC5C(C)(C)C(Oc6ccc(C#N)c(Cl)c6)C5(C)C)CN4)CC3)c(F)c2)c(C2=CN(C)C(=O)C3NCCC23)c1. The van der Waals surface area contributed by atoms with Crippen LogP contribution in [0.1, 0.15) is 65.0 Å². The highest BCUT2D eigenvalue weighted by atomic mass is 35.5. The molecule has 4 N–H and O–H groups in total. The molecule has 4 heterocycles. The second-order valence-electron chi connectivity index (χ2n) is 18.7. The standard InChI is InChI=1S/C47H57ClFN7O7S/c1-7-64(59,60)32-11-13-38(34(22-32)35-26-55(6)42(58)40-33(35)14-17-51-40)62-31-10-12-39(37(49)21-31)61-29-15-18-56(19-16-29)45-52-24-28(25-53-45)41(57)54-43-46(2,3)44(47(43,4)5)63-30-9-8-27(23-50)36(48)20-30/h8-13,20-22,26,28-29,33,40,43-45,51-53H,7,14-19,24-25H2,1-6H3,(H,54,57). The first kappa shape index (κ1) is 45.8. The van der Waals surface area contributed by atoms with E-state index in [2.05, 4.69) is 59.9 Å². The molecule has 1 saturated carbocycles. The Kier molecular flexibility index (Phi) is 12.8. The Labute approximate surface area is 379 Å². The van der Waals surface area contributed by atoms with E-state index in [1.165, 1.54) is 17.0 Å². The zero-order valence-corrected chi connectivity index (χ0v) is 38.6. The quantitative estimate of drug-likeness (QED) is 0.176. The van der Waals surface area contributed by atoms with Crippen molar-refractivity contribution in [1.29, 1.82) is 5.26 Å². The van der Waals surface area contributed by atoms with Gasteiger partial charge in [-0.2, -0.15) is 5.26 Å². The molecule has 2 unspecified atom stereocenters. The van der Waals surface area contributed by atoms with Crippen molar-refractivity contribution in [3.05, 3.63) is 82.8 Å². The van der Waals surface area contributed by atoms with Crippen molar-refractivity contribution in [3.63, 3.8) is 0 Å². The molecular formula is C47H57ClFN7O7S. The third-order valence-electron chi connectivity index (χ3n) is 13.8. The Bertz CT molecular complexity index is 2460. The van der Waals surface area contributed by atoms with Gasteiger partial charge in [-0.05, 0) is 73.8 Å². The van der Waals surface area contributed by atoms with Crippen LogP contribution in [0.15, 0.2) is 65.7 Å². The summed E-state index contributed by atoms with van der Waals surface area (Å²) in [6.07, 6.45) is 3.26. The summed E-state index contributed by atoms with van der Waals surface area (Å²) in [6.45, 7) is 13.0. The third kappa shape index (κ3) is 8.82. The third-order valence-corrected chi connectivity index (χ3v) is 15.8. The molecule has 1 aliphatic carbocycles. The highest BCUT2D eigenvalue weighted by Crippen LogP contribution is 2.55. The molecule has 64 heavy (non-hydrogen) atoms. The maximum absolute atomic E-state index is 15.7. The van der Waals surface area contributed by atoms with Crippen LogP contribution in [0.2, 0.25) is 5.02 Å². The van der Waals surface area contributed by atoms with Gasteiger partial charge in [-0.15, -0.1) is 0 Å². The lowest BCUT2D eigenvalue weighted by atomic mass is 9.49. The highest BCUT2D eigenvalue weighted by Gasteiger charge is 2.64. The molecule has 2 atom stereocenters. The number of benzene rings is 3. The van der Waals surface area contributed by atoms with Gasteiger partial charge in [0.25, 0.3) is 0 Å². The molecular weight excluding hydrogens is 861 g/mol. The molecule has 0 spiro atoms. The summed E-state index contributed by atoms with van der Waals surface area (Å²) in [5.74, 6) is 0.0954. The predicted octanol–water partition coefficient (Wildman–Crippen LogP) is 5.66. The van der Waals surface area contributed by atoms with Gasteiger partial charge in [-0.25, -0.2) is 12.8 Å². The van der Waals surface area contributed by atoms with Crippen molar-refractivity contribution in [1.82, 2.24) is 31.1 Å². The number of ether oxygens (including phenoxy) is 3. The van der Waals surface area contributed by atoms with Crippen LogP contribution in [-0.2, 0) is 19.4 Å². The number of hydrogen-bond acceptors (Lipinski definition) is 12. The molecule has 3 aromatic rings. The van der Waals surface area contributed by atoms with Crippen LogP contribution in [0.3, 0.4) is 0 Å². The van der Waals surface area contributed by atoms with E-state index in [9.17, 15) is 23.3 Å². The number of carbonyl (C=O) groups is 2. The van der Waals surface area contributed by atoms with E-state index in [1.807, 2.05) is 0 Å². The fraction of sp³-hybridized carbons (Fsp3) is 0.511. The summed E-state index contributed by atoms with van der Waals surface area (Å²) in [7, 11) is -1.87. The first-order chi connectivity index (χ1) is 30.4. The van der Waals surface area contributed by atoms with Gasteiger partial charge < -0.3 is 29.7 Å². The second-order valence-corrected chi connectivity index (χ2v) is 21.4. The maximum atomic E-state index is 15.7. The van der Waals surface area contributed by atoms with Crippen molar-refractivity contribution >= 4 is 38.8 Å². The van der Waals surface area contributed by atoms with E-state index in [0.29, 0.717) is 79.6 Å². The highest BCUT2D eigenvalue weighted by molar-refractivity contribution is 7.91. The van der Waals surface area contributed by atoms with Gasteiger partial charge in [0.2, 0.25) is 11.8 Å². The average molecular weight is 919 g/mol. The lowest BCUT2D eigenvalue weighted by Gasteiger charge is -2.63. The van der Waals surface area contributed by atoms with Gasteiger partial charge in [0.05, 0.1) is 33.2 Å². The van der Waals surface area contributed by atoms with Gasteiger partial charge in [0.15, 0.2) is 21.4 Å². The number of rotatable bonds is 12. The smallest absolute Gasteiger partial charge is 0.244 e. The second kappa shape index (κ2) is 17.9. The van der Waals surface area contributed by atoms with Gasteiger partial charge in [-0.1, -0.05) is 46.2 Å². The topological polar surface area (TPSA) is 174 Å². The van der Waals surface area contributed by atoms with Crippen LogP contribution in [0.5, 0.6) is 23.0 Å². The summed E-state index contributed by atoms with van der Waals surface area (Å²) in [5.41, 5.74) is 0.973. The van der Waals surface area contributed by atoms with Crippen molar-refractivity contribution in [2.24, 2.45) is 22.7 Å². The minimum absolute atomic E-state index is 0.0253. The van der Waals surface area contributed by atoms with Crippen LogP contribution in [0.25, 0.3) is 5.57 Å². The van der Waals surface area contributed by atoms with Crippen LogP contribution >= 0.6 is 11.6 Å². The fourth-order valence-electron chi connectivity index (χ4n) is 10.5. The summed E-state index contributed by atoms with van der Waals surface area (Å²) in [5, 5.41) is 23.2. The van der Waals surface area contributed by atoms with Crippen molar-refractivity contribution < 1.29 is 36.6 Å². The van der Waals surface area contributed by atoms with Crippen molar-refractivity contribution in [3.8, 4) is 29.1 Å². The molecule has 342 valence electrons. The van der Waals surface area contributed by atoms with Crippen molar-refractivity contribution in [2.75, 3.05) is 45.5 Å². The Balaban J connectivity index is 0.832. The maximum Gasteiger partial charge on any atom is 0.244 e. The van der Waals surface area contributed by atoms with E-state index in [0.717, 1.165) is 5.57 Å². The van der Waals surface area contributed by atoms with E-state index in [4.69, 9.17) is 25.8 Å². The average Bonchev–Trinajstić information content (AvgIpc) is 3.78. The Morgan fingerprint density at radius 1 is 0.953 bits per heavy atom. The van der Waals surface area contributed by atoms with Gasteiger partial charge in [0, 0.05) is 79.9 Å². The zero-order valence-electron chi connectivity index (χ0n) is 37.0. The minimum Gasteiger partial charge on any atom is -0.489 e. The number of piperidine rings is 1. The normalized spacial score (nSPS) is 26.8. The van der Waals surface area contributed by atoms with Crippen molar-refractivity contribution in [2.45, 2.75) is 89.4 Å². The molecule has 5 aliphatic rings. The van der Waals surface area contributed by atoms with E-state index >= 15 is 4.39 Å². The first-order valence-electron chi connectivity index (χ1n) is 22.0. The zero-order chi connectivity index (χ0) is 45.7. The summed E-state index contributed by atoms with van der Waals surface area (Å²) < 4.78 is 60.4. The number of carbonyl (C=O) groups excluding carboxylic acids is 2. The van der Waals surface area contributed by atoms with Gasteiger partial charge in [0.1, 0.15) is 41.8 Å². The van der Waals surface area contributed by atoms with E-state index < -0.39 is 21.7 Å². The van der Waals surface area contributed by atoms with Gasteiger partial charge >= 0.3 is 0 Å². The lowest BCUT2D eigenvalue weighted by Crippen LogP contribution is -2.75. The Morgan fingerprint density at radius 2 is 1.64 bits per heavy atom. The van der Waals surface area contributed by atoms with Gasteiger partial charge in [-0.3, -0.25) is 25.1 Å². The van der Waals surface area contributed by atoms with Crippen LogP contribution in [-0.4, -0.2) is 106 Å². The van der Waals surface area contributed by atoms with Crippen LogP contribution < -0.4 is 35.5 Å². The van der Waals surface area contributed by atoms with E-state index in [-0.39, 0.29) is 81.2 Å². The molecule has 8 rings (SSSR count). The Morgan fingerprint density at radius 3 is 2.30 bits per heavy atom. The molecule has 4 aliphatic heterocycles. The van der Waals surface area contributed by atoms with Crippen LogP contribution in [0, 0.1) is 39.8 Å². The minimum atomic E-state index is -3.55. The number of nitrogens with one attached hydrogen (secondary N) is 4. The fourth-order valence-corrected chi connectivity index (χ4v) is 11.6. The largest absolute Gasteiger partial charge is 0.489 e. The van der Waals surface area contributed by atoms with Crippen LogP contribution in [0.4, 0.5) is 4.39 Å². The molecule has 3 saturated heterocycles. The molecule has 0 bridgehead atoms. The number of sulfone groups is 1. The number of halogens is 2. The molecule has 3 aromatic carbocycles.